The molecule has 14 valence electrons. The summed E-state index contributed by atoms with van der Waals surface area (Å²) in [6.07, 6.45) is 0. The quantitative estimate of drug-likeness (QED) is 0.443. The first-order chi connectivity index (χ1) is 1.00. The second-order valence-corrected chi connectivity index (χ2v) is 0. The van der Waals surface area contributed by atoms with Gasteiger partial charge in [-0.15, -0.1) is 0 Å². The van der Waals surface area contributed by atoms with Crippen molar-refractivity contribution in [2.75, 3.05) is 0 Å². The predicted octanol–water partition coefficient (Wildman–Crippen LogP) is -0.280. The molecule has 0 aromatic heterocycles. The van der Waals surface area contributed by atoms with Crippen molar-refractivity contribution in [1.29, 1.82) is 0 Å². The summed E-state index contributed by atoms with van der Waals surface area (Å²) in [5, 5.41) is 0. The Morgan fingerprint density at radius 2 is 1.50 bits per heavy atom. The number of rotatable bonds is 0. The normalized spacial score (nSPS) is 1.50. The van der Waals surface area contributed by atoms with E-state index >= 15 is 0 Å². The van der Waals surface area contributed by atoms with Crippen LogP contribution in [0.5, 0.6) is 0 Å². The molecule has 1 nitrogen and oxygen atoms in total. The van der Waals surface area contributed by atoms with Crippen molar-refractivity contribution in [3.05, 3.63) is 0 Å². The molecule has 4 heavy (non-hydrogen) atoms. The predicted molar refractivity (Wildman–Crippen MR) is 8.66 cm³/mol. The topological polar surface area (TPSA) is 17.1 Å². The monoisotopic (exact) mass is 155 g/mol. The Kier molecular flexibility index (Phi) is 139. The standard InChI is InChI=1S/Be.O.2Zn.2H/q+2;;;;2*-1. The van der Waals surface area contributed by atoms with Crippen LogP contribution in [-0.2, 0) is 41.3 Å². The molecule has 0 radical (unpaired) electrons. The van der Waals surface area contributed by atoms with E-state index in [0.29, 0.717) is 0 Å². The molecule has 0 N–H and O–H groups in total. The molecular formula is H2BeOZn2. The van der Waals surface area contributed by atoms with Gasteiger partial charge in [0.2, 0.25) is 0 Å². The summed E-state index contributed by atoms with van der Waals surface area (Å²) in [5.74, 6) is 0. The van der Waals surface area contributed by atoms with E-state index in [1.807, 2.05) is 0 Å². The van der Waals surface area contributed by atoms with Crippen LogP contribution in [0.2, 0.25) is 0 Å². The van der Waals surface area contributed by atoms with Crippen LogP contribution >= 0.6 is 0 Å². The van der Waals surface area contributed by atoms with Gasteiger partial charge in [0.05, 0.1) is 0 Å². The summed E-state index contributed by atoms with van der Waals surface area (Å²) < 4.78 is 8.38. The van der Waals surface area contributed by atoms with Gasteiger partial charge in [0.15, 0.2) is 0 Å². The molecule has 0 heterocycles. The molecule has 0 aliphatic carbocycles. The van der Waals surface area contributed by atoms with E-state index in [-0.39, 0.29) is 50.7 Å². The third kappa shape index (κ3) is 10.7. The fraction of sp³-hybridized carbons (Fsp3) is 0. The summed E-state index contributed by atoms with van der Waals surface area (Å²) in [6.45, 7) is 0. The first kappa shape index (κ1) is 18.9. The zero-order valence-corrected chi connectivity index (χ0v) is 8.46. The fourth-order valence-corrected chi connectivity index (χ4v) is 0. The molecule has 0 fully saturated rings. The smallest absolute Gasteiger partial charge is 0 e. The van der Waals surface area contributed by atoms with E-state index in [9.17, 15) is 0 Å². The summed E-state index contributed by atoms with van der Waals surface area (Å²) in [5.41, 5.74) is 0. The van der Waals surface area contributed by atoms with Gasteiger partial charge < -0.3 is 2.85 Å². The van der Waals surface area contributed by atoms with Crippen molar-refractivity contribution in [3.8, 4) is 0 Å². The van der Waals surface area contributed by atoms with Gasteiger partial charge in [-0.05, 0) is 0 Å². The number of hydrogen-bond donors (Lipinski definition) is 0. The van der Waals surface area contributed by atoms with Crippen LogP contribution in [0.1, 0.15) is 2.85 Å². The average molecular weight is 158 g/mol. The molecule has 0 saturated heterocycles. The number of hydrogen-bond acceptors (Lipinski definition) is 1. The zero-order valence-electron chi connectivity index (χ0n) is 4.53. The molecular weight excluding hydrogens is 156 g/mol. The van der Waals surface area contributed by atoms with E-state index in [0.717, 1.165) is 0 Å². The maximum atomic E-state index is 8.38. The molecule has 4 heteroatoms. The van der Waals surface area contributed by atoms with Crippen LogP contribution in [-0.4, -0.2) is 10.1 Å². The minimum Gasteiger partial charge on any atom is 0 e. The second-order valence-electron chi connectivity index (χ2n) is 0. The molecule has 0 unspecified atom stereocenters. The first-order valence-corrected chi connectivity index (χ1v) is 1.50. The van der Waals surface area contributed by atoms with Gasteiger partial charge in [-0.2, -0.15) is 0 Å². The van der Waals surface area contributed by atoms with Gasteiger partial charge >= 0.3 is 31.9 Å². The van der Waals surface area contributed by atoms with Crippen molar-refractivity contribution >= 4 is 10.1 Å². The molecule has 0 bridgehead atoms. The Morgan fingerprint density at radius 1 is 1.50 bits per heavy atom. The van der Waals surface area contributed by atoms with Gasteiger partial charge in [-0.3, -0.25) is 0 Å². The Hall–Kier alpha value is 1.22. The van der Waals surface area contributed by atoms with Crippen LogP contribution in [0.4, 0.5) is 0 Å². The summed E-state index contributed by atoms with van der Waals surface area (Å²) in [6, 6.07) is 0. The Morgan fingerprint density at radius 3 is 1.50 bits per heavy atom. The van der Waals surface area contributed by atoms with Gasteiger partial charge in [0, 0.05) is 19.5 Å². The van der Waals surface area contributed by atoms with Crippen molar-refractivity contribution in [1.82, 2.24) is 0 Å². The Labute approximate surface area is 54.4 Å². The average Bonchev–Trinajstić information content (AvgIpc) is 1.00. The van der Waals surface area contributed by atoms with E-state index in [4.69, 9.17) is 3.57 Å². The largest absolute Gasteiger partial charge is 0 e. The van der Waals surface area contributed by atoms with Crippen LogP contribution < -0.4 is 0 Å². The molecule has 0 aromatic rings. The molecule has 0 rings (SSSR count). The van der Waals surface area contributed by atoms with E-state index < -0.39 is 0 Å². The third-order valence-electron chi connectivity index (χ3n) is 0. The third-order valence-corrected chi connectivity index (χ3v) is 0. The summed E-state index contributed by atoms with van der Waals surface area (Å²) in [7, 11) is 0. The van der Waals surface area contributed by atoms with Crippen LogP contribution in [0.3, 0.4) is 0 Å². The minimum atomic E-state index is 0. The van der Waals surface area contributed by atoms with Gasteiger partial charge in [0.25, 0.3) is 0 Å². The maximum Gasteiger partial charge on any atom is 0 e. The molecule has 0 saturated carbocycles. The van der Waals surface area contributed by atoms with Crippen molar-refractivity contribution < 1.29 is 44.2 Å². The van der Waals surface area contributed by atoms with E-state index in [2.05, 4.69) is 0 Å². The SMILES string of the molecule is [Be+2].[H-].[H-].[O]=[Zn].[Zn]. The van der Waals surface area contributed by atoms with Gasteiger partial charge in [-0.25, -0.2) is 0 Å². The molecule has 0 aliphatic heterocycles. The first-order valence-electron chi connectivity index (χ1n) is 0.289. The van der Waals surface area contributed by atoms with Crippen molar-refractivity contribution in [2.24, 2.45) is 0 Å². The Balaban J connectivity index is -0.000000000833. The molecule has 0 amide bonds. The minimum absolute atomic E-state index is 0. The van der Waals surface area contributed by atoms with Crippen molar-refractivity contribution in [2.45, 2.75) is 0 Å². The fourth-order valence-electron chi connectivity index (χ4n) is 0. The van der Waals surface area contributed by atoms with Gasteiger partial charge in [0.1, 0.15) is 0 Å². The molecule has 0 aromatic carbocycles. The van der Waals surface area contributed by atoms with E-state index in [1.165, 1.54) is 0 Å². The Bertz CT molecular complexity index is 11.5. The van der Waals surface area contributed by atoms with Crippen LogP contribution in [0, 0.1) is 0 Å². The molecule has 0 atom stereocenters. The van der Waals surface area contributed by atoms with Crippen molar-refractivity contribution in [3.63, 3.8) is 0 Å². The zero-order chi connectivity index (χ0) is 2.00. The molecule has 0 aliphatic rings. The van der Waals surface area contributed by atoms with Gasteiger partial charge in [-0.1, -0.05) is 0 Å². The van der Waals surface area contributed by atoms with Crippen LogP contribution in [0.25, 0.3) is 0 Å². The second kappa shape index (κ2) is 29.5. The van der Waals surface area contributed by atoms with Crippen LogP contribution in [0.15, 0.2) is 0 Å². The summed E-state index contributed by atoms with van der Waals surface area (Å²) in [4.78, 5) is 0. The maximum absolute atomic E-state index is 8.38. The summed E-state index contributed by atoms with van der Waals surface area (Å²) >= 11 is 0.125. The molecule has 0 spiro atoms. The van der Waals surface area contributed by atoms with E-state index in [1.54, 1.807) is 0 Å².